The maximum absolute atomic E-state index is 11.1. The van der Waals surface area contributed by atoms with Crippen LogP contribution in [0, 0.1) is 0 Å². The molecule has 4 heteroatoms. The van der Waals surface area contributed by atoms with Gasteiger partial charge in [0.2, 0.25) is 5.78 Å². The fraction of sp³-hybridized carbons (Fsp3) is 0.0769. The smallest absolute Gasteiger partial charge is 0.288 e. The van der Waals surface area contributed by atoms with E-state index in [2.05, 4.69) is 0 Å². The number of allylic oxidation sites excluding steroid dienone is 2. The minimum Gasteiger partial charge on any atom is -0.288 e. The number of hydrogen-bond acceptors (Lipinski definition) is 3. The predicted molar refractivity (Wildman–Crippen MR) is 64.2 cm³/mol. The maximum Gasteiger partial charge on any atom is 0.315 e. The van der Waals surface area contributed by atoms with Crippen LogP contribution in [-0.4, -0.2) is 16.9 Å². The van der Waals surface area contributed by atoms with E-state index in [9.17, 15) is 9.59 Å². The normalized spacial score (nSPS) is 11.5. The predicted octanol–water partition coefficient (Wildman–Crippen LogP) is 1.72. The second-order valence-corrected chi connectivity index (χ2v) is 3.44. The average molecular weight is 231 g/mol. The number of carbonyl (C=O) groups is 2. The van der Waals surface area contributed by atoms with Gasteiger partial charge in [0.05, 0.1) is 0 Å². The van der Waals surface area contributed by atoms with Gasteiger partial charge in [-0.3, -0.25) is 14.8 Å². The van der Waals surface area contributed by atoms with Gasteiger partial charge in [-0.25, -0.2) is 5.48 Å². The molecule has 0 saturated heterocycles. The van der Waals surface area contributed by atoms with Gasteiger partial charge in [-0.05, 0) is 24.1 Å². The molecule has 88 valence electrons. The molecule has 1 rings (SSSR count). The summed E-state index contributed by atoms with van der Waals surface area (Å²) in [5, 5.41) is 8.26. The first kappa shape index (κ1) is 12.9. The molecule has 0 aromatic heterocycles. The number of nitrogens with one attached hydrogen (secondary N) is 1. The van der Waals surface area contributed by atoms with Crippen molar-refractivity contribution in [3.63, 3.8) is 0 Å². The van der Waals surface area contributed by atoms with E-state index < -0.39 is 11.7 Å². The van der Waals surface area contributed by atoms with Crippen molar-refractivity contribution in [1.29, 1.82) is 0 Å². The van der Waals surface area contributed by atoms with Crippen LogP contribution in [0.5, 0.6) is 0 Å². The third-order valence-corrected chi connectivity index (χ3v) is 2.02. The summed E-state index contributed by atoms with van der Waals surface area (Å²) in [6, 6.07) is 9.57. The van der Waals surface area contributed by atoms with Gasteiger partial charge in [0.15, 0.2) is 0 Å². The van der Waals surface area contributed by atoms with E-state index in [0.29, 0.717) is 5.57 Å². The van der Waals surface area contributed by atoms with Crippen molar-refractivity contribution in [3.8, 4) is 0 Å². The van der Waals surface area contributed by atoms with Gasteiger partial charge in [-0.1, -0.05) is 42.5 Å². The second-order valence-electron chi connectivity index (χ2n) is 3.44. The third-order valence-electron chi connectivity index (χ3n) is 2.02. The zero-order chi connectivity index (χ0) is 12.7. The Balaban J connectivity index is 2.69. The van der Waals surface area contributed by atoms with Crippen LogP contribution in [0.2, 0.25) is 0 Å². The number of benzene rings is 1. The van der Waals surface area contributed by atoms with Crippen LogP contribution < -0.4 is 5.48 Å². The summed E-state index contributed by atoms with van der Waals surface area (Å²) in [5.41, 5.74) is 2.91. The highest BCUT2D eigenvalue weighted by Gasteiger charge is 2.08. The second kappa shape index (κ2) is 6.40. The summed E-state index contributed by atoms with van der Waals surface area (Å²) in [6.07, 6.45) is 4.71. The summed E-state index contributed by atoms with van der Waals surface area (Å²) in [6.45, 7) is 1.70. The van der Waals surface area contributed by atoms with Crippen LogP contribution in [0.15, 0.2) is 48.1 Å². The molecule has 0 aliphatic heterocycles. The fourth-order valence-corrected chi connectivity index (χ4v) is 1.17. The van der Waals surface area contributed by atoms with Gasteiger partial charge in [-0.2, -0.15) is 0 Å². The van der Waals surface area contributed by atoms with Crippen LogP contribution in [-0.2, 0) is 9.59 Å². The molecule has 2 N–H and O–H groups in total. The highest BCUT2D eigenvalue weighted by atomic mass is 16.5. The molecule has 0 unspecified atom stereocenters. The zero-order valence-corrected chi connectivity index (χ0v) is 9.38. The topological polar surface area (TPSA) is 66.4 Å². The van der Waals surface area contributed by atoms with Crippen LogP contribution in [0.25, 0.3) is 6.08 Å². The van der Waals surface area contributed by atoms with Gasteiger partial charge >= 0.3 is 5.91 Å². The Bertz CT molecular complexity index is 461. The highest BCUT2D eigenvalue weighted by molar-refractivity contribution is 6.40. The molecule has 0 fully saturated rings. The summed E-state index contributed by atoms with van der Waals surface area (Å²) in [5.74, 6) is -1.83. The average Bonchev–Trinajstić information content (AvgIpc) is 2.36. The van der Waals surface area contributed by atoms with Crippen molar-refractivity contribution < 1.29 is 14.8 Å². The molecule has 0 atom stereocenters. The van der Waals surface area contributed by atoms with E-state index in [1.807, 2.05) is 36.4 Å². The van der Waals surface area contributed by atoms with Gasteiger partial charge in [0.1, 0.15) is 0 Å². The molecule has 1 amide bonds. The monoisotopic (exact) mass is 231 g/mol. The van der Waals surface area contributed by atoms with Crippen molar-refractivity contribution in [2.24, 2.45) is 0 Å². The Kier molecular flexibility index (Phi) is 4.84. The van der Waals surface area contributed by atoms with Crippen molar-refractivity contribution in [2.75, 3.05) is 0 Å². The number of ketones is 1. The molecule has 1 aromatic carbocycles. The molecule has 4 nitrogen and oxygen atoms in total. The molecule has 1 aromatic rings. The quantitative estimate of drug-likeness (QED) is 0.272. The number of hydroxylamine groups is 1. The first-order valence-electron chi connectivity index (χ1n) is 5.03. The molecule has 0 radical (unpaired) electrons. The van der Waals surface area contributed by atoms with E-state index in [4.69, 9.17) is 5.21 Å². The van der Waals surface area contributed by atoms with Crippen LogP contribution >= 0.6 is 0 Å². The molecule has 0 heterocycles. The van der Waals surface area contributed by atoms with Gasteiger partial charge < -0.3 is 0 Å². The SMILES string of the molecule is CC(/C=C/c1ccccc1)=C\C(=O)C(=O)NO. The summed E-state index contributed by atoms with van der Waals surface area (Å²) >= 11 is 0. The lowest BCUT2D eigenvalue weighted by Gasteiger charge is -1.94. The first-order valence-corrected chi connectivity index (χ1v) is 5.03. The standard InChI is InChI=1S/C13H13NO3/c1-10(9-12(15)13(16)14-17)7-8-11-5-3-2-4-6-11/h2-9,17H,1H3,(H,14,16)/b8-7+,10-9+. The Morgan fingerprint density at radius 3 is 2.47 bits per heavy atom. The van der Waals surface area contributed by atoms with Crippen molar-refractivity contribution in [3.05, 3.63) is 53.6 Å². The first-order chi connectivity index (χ1) is 8.13. The minimum atomic E-state index is -1.04. The van der Waals surface area contributed by atoms with E-state index in [1.54, 1.807) is 13.0 Å². The van der Waals surface area contributed by atoms with E-state index in [1.165, 1.54) is 5.48 Å². The molecule has 0 aliphatic rings. The van der Waals surface area contributed by atoms with E-state index in [-0.39, 0.29) is 0 Å². The number of rotatable bonds is 4. The van der Waals surface area contributed by atoms with Crippen LogP contribution in [0.1, 0.15) is 12.5 Å². The van der Waals surface area contributed by atoms with Gasteiger partial charge in [0, 0.05) is 0 Å². The summed E-state index contributed by atoms with van der Waals surface area (Å²) in [4.78, 5) is 21.9. The Labute approximate surface area is 99.2 Å². The van der Waals surface area contributed by atoms with E-state index >= 15 is 0 Å². The Morgan fingerprint density at radius 2 is 1.88 bits per heavy atom. The molecule has 0 aliphatic carbocycles. The Morgan fingerprint density at radius 1 is 1.24 bits per heavy atom. The number of carbonyl (C=O) groups excluding carboxylic acids is 2. The highest BCUT2D eigenvalue weighted by Crippen LogP contribution is 2.04. The lowest BCUT2D eigenvalue weighted by Crippen LogP contribution is -2.26. The lowest BCUT2D eigenvalue weighted by atomic mass is 10.1. The van der Waals surface area contributed by atoms with Gasteiger partial charge in [0.25, 0.3) is 0 Å². The maximum atomic E-state index is 11.1. The summed E-state index contributed by atoms with van der Waals surface area (Å²) < 4.78 is 0. The van der Waals surface area contributed by atoms with Crippen molar-refractivity contribution in [2.45, 2.75) is 6.92 Å². The molecular formula is C13H13NO3. The Hall–Kier alpha value is -2.20. The molecule has 17 heavy (non-hydrogen) atoms. The summed E-state index contributed by atoms with van der Waals surface area (Å²) in [7, 11) is 0. The lowest BCUT2D eigenvalue weighted by molar-refractivity contribution is -0.140. The molecule has 0 saturated carbocycles. The van der Waals surface area contributed by atoms with Gasteiger partial charge in [-0.15, -0.1) is 0 Å². The fourth-order valence-electron chi connectivity index (χ4n) is 1.17. The van der Waals surface area contributed by atoms with Crippen molar-refractivity contribution in [1.82, 2.24) is 5.48 Å². The van der Waals surface area contributed by atoms with E-state index in [0.717, 1.165) is 11.6 Å². The van der Waals surface area contributed by atoms with Crippen LogP contribution in [0.4, 0.5) is 0 Å². The molecule has 0 spiro atoms. The zero-order valence-electron chi connectivity index (χ0n) is 9.38. The van der Waals surface area contributed by atoms with Crippen LogP contribution in [0.3, 0.4) is 0 Å². The van der Waals surface area contributed by atoms with Crippen molar-refractivity contribution >= 4 is 17.8 Å². The molecular weight excluding hydrogens is 218 g/mol. The number of amides is 1. The third kappa shape index (κ3) is 4.44. The molecule has 0 bridgehead atoms. The largest absolute Gasteiger partial charge is 0.315 e. The number of hydrogen-bond donors (Lipinski definition) is 2. The minimum absolute atomic E-state index is 0.627.